The molecule has 0 aliphatic heterocycles. The molecule has 6 heteroatoms. The summed E-state index contributed by atoms with van der Waals surface area (Å²) in [6, 6.07) is 0. The zero-order valence-electron chi connectivity index (χ0n) is 5.97. The largest absolute Gasteiger partial charge is 1.00 e. The van der Waals surface area contributed by atoms with Gasteiger partial charge in [-0.25, -0.2) is 0 Å². The molecule has 0 bridgehead atoms. The summed E-state index contributed by atoms with van der Waals surface area (Å²) >= 11 is 9.76. The zero-order valence-corrected chi connectivity index (χ0v) is 9.60. The van der Waals surface area contributed by atoms with Crippen LogP contribution in [0.15, 0.2) is 0 Å². The Hall–Kier alpha value is 0.580. The van der Waals surface area contributed by atoms with Crippen LogP contribution in [0, 0.1) is 9.54 Å². The SMILES string of the molecule is CCn1c(=S)[nH][nH]c1=S.[Na+]. The van der Waals surface area contributed by atoms with Crippen LogP contribution in [0.1, 0.15) is 6.92 Å². The van der Waals surface area contributed by atoms with Crippen molar-refractivity contribution in [2.45, 2.75) is 13.5 Å². The van der Waals surface area contributed by atoms with Crippen molar-refractivity contribution in [2.75, 3.05) is 0 Å². The van der Waals surface area contributed by atoms with E-state index in [4.69, 9.17) is 24.4 Å². The summed E-state index contributed by atoms with van der Waals surface area (Å²) in [5.74, 6) is 0. The minimum atomic E-state index is 0. The smallest absolute Gasteiger partial charge is 0.294 e. The number of rotatable bonds is 1. The molecule has 0 aromatic carbocycles. The minimum absolute atomic E-state index is 0. The summed E-state index contributed by atoms with van der Waals surface area (Å²) in [5, 5.41) is 5.47. The van der Waals surface area contributed by atoms with Crippen molar-refractivity contribution in [3.05, 3.63) is 9.54 Å². The van der Waals surface area contributed by atoms with Crippen molar-refractivity contribution in [2.24, 2.45) is 0 Å². The van der Waals surface area contributed by atoms with Gasteiger partial charge in [0.15, 0.2) is 9.54 Å². The Bertz CT molecular complexity index is 268. The van der Waals surface area contributed by atoms with Crippen LogP contribution in [0.2, 0.25) is 0 Å². The van der Waals surface area contributed by atoms with Gasteiger partial charge in [0.1, 0.15) is 0 Å². The quantitative estimate of drug-likeness (QED) is 0.417. The van der Waals surface area contributed by atoms with Crippen LogP contribution in [0.4, 0.5) is 0 Å². The van der Waals surface area contributed by atoms with Gasteiger partial charge in [-0.15, -0.1) is 0 Å². The van der Waals surface area contributed by atoms with Crippen molar-refractivity contribution < 1.29 is 29.6 Å². The maximum atomic E-state index is 4.88. The van der Waals surface area contributed by atoms with Crippen LogP contribution >= 0.6 is 24.4 Å². The predicted molar refractivity (Wildman–Crippen MR) is 40.5 cm³/mol. The first-order valence-electron chi connectivity index (χ1n) is 2.63. The Kier molecular flexibility index (Phi) is 4.71. The van der Waals surface area contributed by atoms with Crippen LogP contribution in [-0.4, -0.2) is 14.8 Å². The number of nitrogens with zero attached hydrogens (tertiary/aromatic N) is 1. The van der Waals surface area contributed by atoms with Crippen LogP contribution in [0.25, 0.3) is 0 Å². The van der Waals surface area contributed by atoms with E-state index >= 15 is 0 Å². The average Bonchev–Trinajstić information content (AvgIpc) is 2.12. The molecule has 0 saturated carbocycles. The van der Waals surface area contributed by atoms with E-state index in [1.807, 2.05) is 11.5 Å². The number of H-pyrrole nitrogens is 2. The average molecular weight is 184 g/mol. The van der Waals surface area contributed by atoms with Crippen LogP contribution in [0.5, 0.6) is 0 Å². The van der Waals surface area contributed by atoms with Crippen molar-refractivity contribution in [1.29, 1.82) is 0 Å². The standard InChI is InChI=1S/C4H7N3S2.Na/c1-2-7-3(8)5-6-4(7)9;/h2H2,1H3,(H,5,8)(H,6,9);/q;+1. The molecule has 0 amide bonds. The molecule has 1 aromatic rings. The third-order valence-corrected chi connectivity index (χ3v) is 1.73. The summed E-state index contributed by atoms with van der Waals surface area (Å²) in [6.07, 6.45) is 0. The Morgan fingerprint density at radius 1 is 1.30 bits per heavy atom. The molecule has 2 N–H and O–H groups in total. The molecule has 1 aromatic heterocycles. The molecule has 0 saturated heterocycles. The Balaban J connectivity index is 0.000000810. The van der Waals surface area contributed by atoms with Crippen molar-refractivity contribution in [3.8, 4) is 0 Å². The molecular weight excluding hydrogens is 177 g/mol. The van der Waals surface area contributed by atoms with Crippen molar-refractivity contribution >= 4 is 24.4 Å². The van der Waals surface area contributed by atoms with Crippen LogP contribution < -0.4 is 29.6 Å². The third-order valence-electron chi connectivity index (χ3n) is 1.08. The fourth-order valence-corrected chi connectivity index (χ4v) is 1.22. The first-order chi connectivity index (χ1) is 4.25. The molecule has 1 heterocycles. The molecule has 50 valence electrons. The number of aromatic nitrogens is 3. The maximum absolute atomic E-state index is 4.88. The summed E-state index contributed by atoms with van der Waals surface area (Å²) in [5.41, 5.74) is 0. The molecule has 0 aliphatic rings. The fourth-order valence-electron chi connectivity index (χ4n) is 0.621. The van der Waals surface area contributed by atoms with Gasteiger partial charge in [-0.05, 0) is 31.4 Å². The van der Waals surface area contributed by atoms with E-state index in [-0.39, 0.29) is 29.6 Å². The summed E-state index contributed by atoms with van der Waals surface area (Å²) in [6.45, 7) is 2.81. The minimum Gasteiger partial charge on any atom is -0.294 e. The number of hydrogen-bond acceptors (Lipinski definition) is 2. The van der Waals surface area contributed by atoms with Crippen LogP contribution in [-0.2, 0) is 6.54 Å². The first-order valence-corrected chi connectivity index (χ1v) is 3.45. The molecule has 1 rings (SSSR count). The molecule has 0 fully saturated rings. The zero-order chi connectivity index (χ0) is 6.85. The van der Waals surface area contributed by atoms with Gasteiger partial charge in [0.2, 0.25) is 0 Å². The van der Waals surface area contributed by atoms with Crippen molar-refractivity contribution in [3.63, 3.8) is 0 Å². The second-order valence-corrected chi connectivity index (χ2v) is 2.38. The maximum Gasteiger partial charge on any atom is 1.00 e. The molecular formula is C4H7N3NaS2+. The Morgan fingerprint density at radius 3 is 1.90 bits per heavy atom. The number of aromatic amines is 2. The summed E-state index contributed by atoms with van der Waals surface area (Å²) < 4.78 is 3.12. The fraction of sp³-hybridized carbons (Fsp3) is 0.500. The van der Waals surface area contributed by atoms with E-state index in [2.05, 4.69) is 10.2 Å². The van der Waals surface area contributed by atoms with Gasteiger partial charge in [-0.3, -0.25) is 14.8 Å². The molecule has 0 unspecified atom stereocenters. The summed E-state index contributed by atoms with van der Waals surface area (Å²) in [4.78, 5) is 0. The number of nitrogens with one attached hydrogen (secondary N) is 2. The predicted octanol–water partition coefficient (Wildman–Crippen LogP) is -1.37. The first kappa shape index (κ1) is 10.6. The molecule has 3 nitrogen and oxygen atoms in total. The second kappa shape index (κ2) is 4.46. The molecule has 0 spiro atoms. The normalized spacial score (nSPS) is 8.90. The van der Waals surface area contributed by atoms with Gasteiger partial charge >= 0.3 is 29.6 Å². The van der Waals surface area contributed by atoms with Gasteiger partial charge in [0.25, 0.3) is 0 Å². The summed E-state index contributed by atoms with van der Waals surface area (Å²) in [7, 11) is 0. The van der Waals surface area contributed by atoms with Crippen molar-refractivity contribution in [1.82, 2.24) is 14.8 Å². The monoisotopic (exact) mass is 184 g/mol. The van der Waals surface area contributed by atoms with Gasteiger partial charge in [0, 0.05) is 6.54 Å². The second-order valence-electron chi connectivity index (χ2n) is 1.60. The van der Waals surface area contributed by atoms with E-state index in [1.165, 1.54) is 0 Å². The van der Waals surface area contributed by atoms with Gasteiger partial charge < -0.3 is 0 Å². The van der Waals surface area contributed by atoms with Gasteiger partial charge in [0.05, 0.1) is 0 Å². The van der Waals surface area contributed by atoms with E-state index in [0.717, 1.165) is 6.54 Å². The van der Waals surface area contributed by atoms with E-state index in [1.54, 1.807) is 0 Å². The molecule has 10 heavy (non-hydrogen) atoms. The Morgan fingerprint density at radius 2 is 1.70 bits per heavy atom. The van der Waals surface area contributed by atoms with Crippen LogP contribution in [0.3, 0.4) is 0 Å². The third kappa shape index (κ3) is 2.03. The van der Waals surface area contributed by atoms with Gasteiger partial charge in [-0.1, -0.05) is 0 Å². The van der Waals surface area contributed by atoms with E-state index < -0.39 is 0 Å². The van der Waals surface area contributed by atoms with E-state index in [9.17, 15) is 0 Å². The topological polar surface area (TPSA) is 36.5 Å². The molecule has 0 radical (unpaired) electrons. The Labute approximate surface area is 91.1 Å². The molecule has 0 atom stereocenters. The molecule has 0 aliphatic carbocycles. The number of hydrogen-bond donors (Lipinski definition) is 2. The van der Waals surface area contributed by atoms with E-state index in [0.29, 0.717) is 9.54 Å². The van der Waals surface area contributed by atoms with Gasteiger partial charge in [-0.2, -0.15) is 0 Å².